The van der Waals surface area contributed by atoms with Crippen LogP contribution in [0.3, 0.4) is 0 Å². The van der Waals surface area contributed by atoms with Crippen LogP contribution in [0.5, 0.6) is 5.75 Å². The van der Waals surface area contributed by atoms with Gasteiger partial charge >= 0.3 is 15.9 Å². The molecule has 0 bridgehead atoms. The third-order valence-electron chi connectivity index (χ3n) is 10.2. The Morgan fingerprint density at radius 1 is 0.982 bits per heavy atom. The molecule has 0 aliphatic carbocycles. The molecule has 0 spiro atoms. The lowest BCUT2D eigenvalue weighted by molar-refractivity contribution is -0.135. The quantitative estimate of drug-likeness (QED) is 0.184. The molecule has 2 fully saturated rings. The first-order valence-corrected chi connectivity index (χ1v) is 19.3. The summed E-state index contributed by atoms with van der Waals surface area (Å²) in [5.74, 6) is -3.18. The van der Waals surface area contributed by atoms with Crippen molar-refractivity contribution in [1.82, 2.24) is 29.0 Å². The number of amides is 4. The van der Waals surface area contributed by atoms with Gasteiger partial charge in [0.1, 0.15) is 37.2 Å². The minimum absolute atomic E-state index is 0.0177. The van der Waals surface area contributed by atoms with Crippen molar-refractivity contribution in [3.63, 3.8) is 0 Å². The molecule has 2 aromatic heterocycles. The molecule has 18 heteroatoms. The minimum Gasteiger partial charge on any atom is -0.487 e. The summed E-state index contributed by atoms with van der Waals surface area (Å²) in [6, 6.07) is 19.4. The number of fused-ring (bicyclic) bond motifs is 2. The molecule has 4 heterocycles. The number of imide groups is 1. The van der Waals surface area contributed by atoms with Crippen LogP contribution in [0.4, 0.5) is 15.8 Å². The van der Waals surface area contributed by atoms with E-state index in [9.17, 15) is 32.4 Å². The molecule has 57 heavy (non-hydrogen) atoms. The predicted octanol–water partition coefficient (Wildman–Crippen LogP) is 3.49. The fourth-order valence-corrected chi connectivity index (χ4v) is 8.64. The lowest BCUT2D eigenvalue weighted by Gasteiger charge is -2.21. The van der Waals surface area contributed by atoms with E-state index >= 15 is 4.39 Å². The molecule has 6 aromatic rings. The summed E-state index contributed by atoms with van der Waals surface area (Å²) in [5, 5.41) is 10.1. The monoisotopic (exact) mass is 794 g/mol. The number of piperidine rings is 1. The molecule has 2 aliphatic rings. The highest BCUT2D eigenvalue weighted by molar-refractivity contribution is 7.92. The average molecular weight is 795 g/mol. The molecule has 4 amide bonds. The fourth-order valence-electron chi connectivity index (χ4n) is 7.48. The summed E-state index contributed by atoms with van der Waals surface area (Å²) >= 11 is 0. The van der Waals surface area contributed by atoms with E-state index in [0.717, 1.165) is 16.7 Å². The topological polar surface area (TPSA) is 196 Å². The number of nitrogens with zero attached hydrogens (tertiary/aromatic N) is 5. The number of aryl methyl sites for hydroxylation is 2. The van der Waals surface area contributed by atoms with Crippen molar-refractivity contribution in [3.8, 4) is 16.9 Å². The van der Waals surface area contributed by atoms with Crippen molar-refractivity contribution in [1.29, 1.82) is 0 Å². The predicted molar refractivity (Wildman–Crippen MR) is 207 cm³/mol. The Morgan fingerprint density at radius 3 is 2.47 bits per heavy atom. The van der Waals surface area contributed by atoms with E-state index in [4.69, 9.17) is 4.74 Å². The molecule has 3 N–H and O–H groups in total. The van der Waals surface area contributed by atoms with Gasteiger partial charge in [-0.05, 0) is 73.2 Å². The van der Waals surface area contributed by atoms with Crippen LogP contribution in [-0.2, 0) is 49.6 Å². The number of anilines is 2. The molecule has 8 rings (SSSR count). The van der Waals surface area contributed by atoms with Crippen LogP contribution in [0.25, 0.3) is 32.9 Å². The highest BCUT2D eigenvalue weighted by Crippen LogP contribution is 2.40. The van der Waals surface area contributed by atoms with Crippen molar-refractivity contribution < 1.29 is 36.7 Å². The van der Waals surface area contributed by atoms with Crippen LogP contribution < -0.4 is 30.1 Å². The Hall–Kier alpha value is -6.82. The molecular weight excluding hydrogens is 760 g/mol. The Bertz CT molecular complexity index is 2870. The van der Waals surface area contributed by atoms with E-state index in [2.05, 4.69) is 15.7 Å². The SMILES string of the molecule is Cc1nn(CC(=O)Nc2ccc3c(F)c(N4CC(=O)NS4(=O)=O)c(OCc4ccccc4)cc3c2)c(C)c1-c1ccc2c(c1)n(C)c(=O)n2C1CCC(=O)NC1=O. The van der Waals surface area contributed by atoms with Gasteiger partial charge < -0.3 is 10.1 Å². The first-order valence-electron chi connectivity index (χ1n) is 17.9. The second kappa shape index (κ2) is 14.0. The van der Waals surface area contributed by atoms with Gasteiger partial charge in [0.2, 0.25) is 17.7 Å². The summed E-state index contributed by atoms with van der Waals surface area (Å²) in [5.41, 5.74) is 4.18. The number of imidazole rings is 1. The molecule has 0 radical (unpaired) electrons. The standard InChI is InChI=1S/C39H35FN8O8S/c1-21-35(24-9-12-28-30(16-24)45(3)39(53)48(28)29-13-14-32(49)42-38(29)52)22(2)46(43-21)18-33(50)41-26-10-11-27-25(15-26)17-31(56-20-23-7-5-4-6-8-23)37(36(27)40)47-19-34(51)44-57(47,54)55/h4-12,15-17,29H,13-14,18-20H2,1-3H3,(H,41,50)(H,44,51)(H,42,49,52). The molecule has 1 unspecified atom stereocenters. The summed E-state index contributed by atoms with van der Waals surface area (Å²) in [7, 11) is -2.76. The van der Waals surface area contributed by atoms with Gasteiger partial charge in [-0.15, -0.1) is 0 Å². The lowest BCUT2D eigenvalue weighted by atomic mass is 10.0. The third-order valence-corrected chi connectivity index (χ3v) is 11.6. The number of rotatable bonds is 9. The number of hydrogen-bond donors (Lipinski definition) is 3. The minimum atomic E-state index is -4.37. The van der Waals surface area contributed by atoms with Crippen LogP contribution in [0, 0.1) is 19.7 Å². The van der Waals surface area contributed by atoms with E-state index in [1.807, 2.05) is 29.8 Å². The maximum atomic E-state index is 16.3. The molecule has 2 saturated heterocycles. The van der Waals surface area contributed by atoms with Crippen LogP contribution in [-0.4, -0.2) is 57.5 Å². The number of ether oxygens (including phenoxy) is 1. The number of aromatic nitrogens is 4. The van der Waals surface area contributed by atoms with Crippen LogP contribution in [0.15, 0.2) is 77.6 Å². The maximum Gasteiger partial charge on any atom is 0.329 e. The van der Waals surface area contributed by atoms with E-state index in [-0.39, 0.29) is 43.0 Å². The van der Waals surface area contributed by atoms with Gasteiger partial charge in [0.25, 0.3) is 5.91 Å². The first kappa shape index (κ1) is 37.1. The number of carbonyl (C=O) groups is 4. The number of halogens is 1. The Kier molecular flexibility index (Phi) is 9.14. The van der Waals surface area contributed by atoms with Gasteiger partial charge in [-0.2, -0.15) is 13.5 Å². The molecule has 4 aromatic carbocycles. The molecule has 16 nitrogen and oxygen atoms in total. The van der Waals surface area contributed by atoms with Gasteiger partial charge in [-0.3, -0.25) is 38.3 Å². The van der Waals surface area contributed by atoms with E-state index in [0.29, 0.717) is 37.8 Å². The Labute approximate surface area is 324 Å². The van der Waals surface area contributed by atoms with Gasteiger partial charge in [-0.25, -0.2) is 18.2 Å². The van der Waals surface area contributed by atoms with Gasteiger partial charge in [0, 0.05) is 35.8 Å². The first-order chi connectivity index (χ1) is 27.2. The normalized spacial score (nSPS) is 16.6. The van der Waals surface area contributed by atoms with E-state index in [1.165, 1.54) is 33.4 Å². The molecule has 2 aliphatic heterocycles. The number of benzene rings is 4. The highest BCUT2D eigenvalue weighted by atomic mass is 32.2. The zero-order chi connectivity index (χ0) is 40.3. The van der Waals surface area contributed by atoms with Crippen molar-refractivity contribution in [3.05, 3.63) is 106 Å². The number of nitrogens with one attached hydrogen (secondary N) is 3. The van der Waals surface area contributed by atoms with Crippen LogP contribution in [0.1, 0.15) is 35.8 Å². The van der Waals surface area contributed by atoms with E-state index in [1.54, 1.807) is 49.0 Å². The maximum absolute atomic E-state index is 16.3. The van der Waals surface area contributed by atoms with Gasteiger partial charge in [0.15, 0.2) is 5.82 Å². The van der Waals surface area contributed by atoms with Gasteiger partial charge in [-0.1, -0.05) is 36.4 Å². The lowest BCUT2D eigenvalue weighted by Crippen LogP contribution is -2.44. The summed E-state index contributed by atoms with van der Waals surface area (Å²) in [6.45, 7) is 2.80. The smallest absolute Gasteiger partial charge is 0.329 e. The van der Waals surface area contributed by atoms with Gasteiger partial charge in [0.05, 0.1) is 16.7 Å². The summed E-state index contributed by atoms with van der Waals surface area (Å²) in [4.78, 5) is 63.2. The van der Waals surface area contributed by atoms with Crippen molar-refractivity contribution >= 4 is 67.0 Å². The van der Waals surface area contributed by atoms with Crippen LogP contribution >= 0.6 is 0 Å². The second-order valence-electron chi connectivity index (χ2n) is 13.9. The molecule has 292 valence electrons. The van der Waals surface area contributed by atoms with Crippen molar-refractivity contribution in [2.45, 2.75) is 45.9 Å². The molecule has 1 atom stereocenters. The van der Waals surface area contributed by atoms with E-state index < -0.39 is 57.7 Å². The van der Waals surface area contributed by atoms with Crippen LogP contribution in [0.2, 0.25) is 0 Å². The second-order valence-corrected chi connectivity index (χ2v) is 15.5. The third kappa shape index (κ3) is 6.66. The Morgan fingerprint density at radius 2 is 1.75 bits per heavy atom. The highest BCUT2D eigenvalue weighted by Gasteiger charge is 2.38. The number of carbonyl (C=O) groups excluding carboxylic acids is 4. The zero-order valence-corrected chi connectivity index (χ0v) is 31.6. The van der Waals surface area contributed by atoms with Crippen molar-refractivity contribution in [2.24, 2.45) is 7.05 Å². The average Bonchev–Trinajstić information content (AvgIpc) is 3.70. The summed E-state index contributed by atoms with van der Waals surface area (Å²) < 4.78 is 54.7. The fraction of sp³-hybridized carbons (Fsp3) is 0.231. The largest absolute Gasteiger partial charge is 0.487 e. The number of hydrogen-bond acceptors (Lipinski definition) is 9. The van der Waals surface area contributed by atoms with Crippen molar-refractivity contribution in [2.75, 3.05) is 16.2 Å². The summed E-state index contributed by atoms with van der Waals surface area (Å²) in [6.07, 6.45) is 0.342. The molecule has 0 saturated carbocycles. The molecular formula is C39H35FN8O8S. The zero-order valence-electron chi connectivity index (χ0n) is 30.8. The Balaban J connectivity index is 1.06.